The van der Waals surface area contributed by atoms with Gasteiger partial charge >= 0.3 is 5.97 Å². The number of anilines is 1. The molecule has 1 saturated heterocycles. The minimum Gasteiger partial charge on any atom is -0.451 e. The van der Waals surface area contributed by atoms with Crippen LogP contribution in [-0.2, 0) is 11.3 Å². The Morgan fingerprint density at radius 1 is 1.24 bits per heavy atom. The van der Waals surface area contributed by atoms with Crippen molar-refractivity contribution in [1.82, 2.24) is 20.3 Å². The number of carbonyl (C=O) groups is 1. The predicted molar refractivity (Wildman–Crippen MR) is 90.2 cm³/mol. The maximum absolute atomic E-state index is 12.1. The molecule has 0 unspecified atom stereocenters. The summed E-state index contributed by atoms with van der Waals surface area (Å²) >= 11 is 1.51. The molecule has 0 bridgehead atoms. The van der Waals surface area contributed by atoms with Gasteiger partial charge in [-0.1, -0.05) is 11.2 Å². The van der Waals surface area contributed by atoms with E-state index in [9.17, 15) is 4.79 Å². The lowest BCUT2D eigenvalue weighted by Crippen LogP contribution is -2.20. The zero-order valence-electron chi connectivity index (χ0n) is 13.3. The molecule has 8 nitrogen and oxygen atoms in total. The first-order valence-electron chi connectivity index (χ1n) is 7.92. The van der Waals surface area contributed by atoms with Crippen molar-refractivity contribution in [3.63, 3.8) is 0 Å². The Balaban J connectivity index is 1.35. The van der Waals surface area contributed by atoms with Gasteiger partial charge in [-0.3, -0.25) is 0 Å². The summed E-state index contributed by atoms with van der Waals surface area (Å²) in [6.45, 7) is 1.84. The van der Waals surface area contributed by atoms with Crippen LogP contribution in [-0.4, -0.2) is 39.4 Å². The van der Waals surface area contributed by atoms with Crippen molar-refractivity contribution in [1.29, 1.82) is 0 Å². The molecule has 0 aliphatic carbocycles. The van der Waals surface area contributed by atoms with E-state index in [1.165, 1.54) is 11.3 Å². The summed E-state index contributed by atoms with van der Waals surface area (Å²) < 4.78 is 10.2. The van der Waals surface area contributed by atoms with E-state index >= 15 is 0 Å². The number of hydrogen-bond acceptors (Lipinski definition) is 9. The van der Waals surface area contributed by atoms with Gasteiger partial charge in [-0.25, -0.2) is 4.79 Å². The van der Waals surface area contributed by atoms with Gasteiger partial charge in [0.1, 0.15) is 0 Å². The van der Waals surface area contributed by atoms with E-state index in [0.717, 1.165) is 36.6 Å². The summed E-state index contributed by atoms with van der Waals surface area (Å²) in [6.07, 6.45) is 2.31. The fourth-order valence-corrected chi connectivity index (χ4v) is 3.22. The van der Waals surface area contributed by atoms with Crippen LogP contribution < -0.4 is 4.90 Å². The molecule has 4 rings (SSSR count). The van der Waals surface area contributed by atoms with E-state index in [1.54, 1.807) is 12.1 Å². The van der Waals surface area contributed by atoms with Crippen LogP contribution in [0.4, 0.5) is 5.82 Å². The van der Waals surface area contributed by atoms with Crippen molar-refractivity contribution in [3.8, 4) is 10.7 Å². The van der Waals surface area contributed by atoms with Crippen molar-refractivity contribution in [3.05, 3.63) is 41.2 Å². The van der Waals surface area contributed by atoms with Gasteiger partial charge in [0.2, 0.25) is 5.82 Å². The second kappa shape index (κ2) is 6.98. The minimum atomic E-state index is -0.573. The Labute approximate surface area is 147 Å². The topological polar surface area (TPSA) is 94.2 Å². The summed E-state index contributed by atoms with van der Waals surface area (Å²) in [7, 11) is 0. The maximum Gasteiger partial charge on any atom is 0.359 e. The molecule has 25 heavy (non-hydrogen) atoms. The molecule has 0 aromatic carbocycles. The van der Waals surface area contributed by atoms with E-state index in [2.05, 4.69) is 25.2 Å². The lowest BCUT2D eigenvalue weighted by atomic mass is 10.4. The molecule has 1 aliphatic rings. The Morgan fingerprint density at radius 3 is 2.84 bits per heavy atom. The molecule has 4 heterocycles. The summed E-state index contributed by atoms with van der Waals surface area (Å²) in [5.41, 5.74) is 0.154. The minimum absolute atomic E-state index is 0.104. The smallest absolute Gasteiger partial charge is 0.359 e. The molecule has 0 spiro atoms. The van der Waals surface area contributed by atoms with Gasteiger partial charge in [0.15, 0.2) is 18.1 Å². The first-order valence-corrected chi connectivity index (χ1v) is 8.80. The summed E-state index contributed by atoms with van der Waals surface area (Å²) in [5, 5.41) is 13.8. The van der Waals surface area contributed by atoms with Crippen LogP contribution in [0.5, 0.6) is 0 Å². The van der Waals surface area contributed by atoms with E-state index in [0.29, 0.717) is 5.82 Å². The third kappa shape index (κ3) is 3.50. The van der Waals surface area contributed by atoms with E-state index < -0.39 is 5.97 Å². The van der Waals surface area contributed by atoms with Crippen molar-refractivity contribution in [2.24, 2.45) is 0 Å². The molecule has 0 N–H and O–H groups in total. The van der Waals surface area contributed by atoms with Crippen LogP contribution in [0, 0.1) is 0 Å². The fourth-order valence-electron chi connectivity index (χ4n) is 2.57. The number of carbonyl (C=O) groups excluding carboxylic acids is 1. The van der Waals surface area contributed by atoms with Crippen LogP contribution in [0.1, 0.15) is 29.2 Å². The molecule has 1 fully saturated rings. The van der Waals surface area contributed by atoms with Crippen LogP contribution in [0.25, 0.3) is 10.7 Å². The summed E-state index contributed by atoms with van der Waals surface area (Å²) in [4.78, 5) is 19.3. The molecule has 3 aromatic heterocycles. The summed E-state index contributed by atoms with van der Waals surface area (Å²) in [6, 6.07) is 7.20. The zero-order chi connectivity index (χ0) is 17.1. The third-order valence-electron chi connectivity index (χ3n) is 3.83. The van der Waals surface area contributed by atoms with E-state index in [1.807, 2.05) is 17.5 Å². The SMILES string of the molecule is O=C(OCc1nc(-c2cccs2)no1)c1ccc(N2CCCC2)nn1. The van der Waals surface area contributed by atoms with Gasteiger partial charge in [-0.2, -0.15) is 4.98 Å². The molecule has 0 atom stereocenters. The van der Waals surface area contributed by atoms with E-state index in [4.69, 9.17) is 9.26 Å². The number of aromatic nitrogens is 4. The number of nitrogens with zero attached hydrogens (tertiary/aromatic N) is 5. The highest BCUT2D eigenvalue weighted by Gasteiger charge is 2.17. The highest BCUT2D eigenvalue weighted by atomic mass is 32.1. The molecule has 0 radical (unpaired) electrons. The Bertz CT molecular complexity index is 841. The molecular formula is C16H15N5O3S. The van der Waals surface area contributed by atoms with Gasteiger partial charge in [-0.15, -0.1) is 21.5 Å². The van der Waals surface area contributed by atoms with Gasteiger partial charge in [-0.05, 0) is 36.4 Å². The molecular weight excluding hydrogens is 342 g/mol. The molecule has 128 valence electrons. The van der Waals surface area contributed by atoms with Crippen LogP contribution in [0.15, 0.2) is 34.2 Å². The van der Waals surface area contributed by atoms with Crippen LogP contribution >= 0.6 is 11.3 Å². The largest absolute Gasteiger partial charge is 0.451 e. The second-order valence-corrected chi connectivity index (χ2v) is 6.48. The first kappa shape index (κ1) is 15.7. The van der Waals surface area contributed by atoms with Crippen molar-refractivity contribution >= 4 is 23.1 Å². The highest BCUT2D eigenvalue weighted by molar-refractivity contribution is 7.13. The number of esters is 1. The molecule has 3 aromatic rings. The lowest BCUT2D eigenvalue weighted by Gasteiger charge is -2.14. The van der Waals surface area contributed by atoms with Crippen molar-refractivity contribution < 1.29 is 14.1 Å². The Kier molecular flexibility index (Phi) is 4.38. The van der Waals surface area contributed by atoms with Crippen molar-refractivity contribution in [2.75, 3.05) is 18.0 Å². The molecule has 1 aliphatic heterocycles. The fraction of sp³-hybridized carbons (Fsp3) is 0.312. The average molecular weight is 357 g/mol. The number of rotatable bonds is 5. The zero-order valence-corrected chi connectivity index (χ0v) is 14.1. The van der Waals surface area contributed by atoms with Crippen LogP contribution in [0.3, 0.4) is 0 Å². The normalized spacial score (nSPS) is 14.0. The molecule has 0 amide bonds. The van der Waals surface area contributed by atoms with Gasteiger partial charge in [0.05, 0.1) is 4.88 Å². The monoisotopic (exact) mass is 357 g/mol. The average Bonchev–Trinajstić information content (AvgIpc) is 3.42. The van der Waals surface area contributed by atoms with Gasteiger partial charge in [0.25, 0.3) is 5.89 Å². The lowest BCUT2D eigenvalue weighted by molar-refractivity contribution is 0.0421. The van der Waals surface area contributed by atoms with Crippen LogP contribution in [0.2, 0.25) is 0 Å². The number of thiophene rings is 1. The van der Waals surface area contributed by atoms with Gasteiger partial charge in [0, 0.05) is 13.1 Å². The summed E-state index contributed by atoms with van der Waals surface area (Å²) in [5.74, 6) is 0.928. The third-order valence-corrected chi connectivity index (χ3v) is 4.69. The van der Waals surface area contributed by atoms with E-state index in [-0.39, 0.29) is 18.2 Å². The second-order valence-electron chi connectivity index (χ2n) is 5.54. The number of hydrogen-bond donors (Lipinski definition) is 0. The maximum atomic E-state index is 12.1. The van der Waals surface area contributed by atoms with Gasteiger partial charge < -0.3 is 14.2 Å². The number of ether oxygens (including phenoxy) is 1. The Morgan fingerprint density at radius 2 is 2.12 bits per heavy atom. The highest BCUT2D eigenvalue weighted by Crippen LogP contribution is 2.21. The quantitative estimate of drug-likeness (QED) is 0.643. The standard InChI is InChI=1S/C16H15N5O3S/c22-16(11-5-6-13(19-18-11)21-7-1-2-8-21)23-10-14-17-15(20-24-14)12-4-3-9-25-12/h3-6,9H,1-2,7-8,10H2. The Hall–Kier alpha value is -2.81. The van der Waals surface area contributed by atoms with Crippen molar-refractivity contribution in [2.45, 2.75) is 19.4 Å². The predicted octanol–water partition coefficient (Wildman–Crippen LogP) is 2.55. The first-order chi connectivity index (χ1) is 12.3. The molecule has 9 heteroatoms. The molecule has 0 saturated carbocycles.